The van der Waals surface area contributed by atoms with Crippen molar-refractivity contribution in [1.29, 1.82) is 0 Å². The minimum Gasteiger partial charge on any atom is -0.457 e. The average molecular weight is 339 g/mol. The molecule has 0 heterocycles. The van der Waals surface area contributed by atoms with Gasteiger partial charge in [-0.2, -0.15) is 0 Å². The van der Waals surface area contributed by atoms with Crippen molar-refractivity contribution in [1.82, 2.24) is 0 Å². The number of halogens is 1. The zero-order valence-corrected chi connectivity index (χ0v) is 13.7. The number of hydrogen-bond donors (Lipinski definition) is 0. The first-order chi connectivity index (χ1) is 10.3. The molecule has 0 saturated carbocycles. The number of ether oxygens (including phenoxy) is 1. The number of hydrogen-bond acceptors (Lipinski definition) is 4. The van der Waals surface area contributed by atoms with E-state index in [4.69, 9.17) is 16.3 Å². The summed E-state index contributed by atoms with van der Waals surface area (Å²) in [7, 11) is -3.50. The van der Waals surface area contributed by atoms with Gasteiger partial charge in [0.25, 0.3) is 0 Å². The van der Waals surface area contributed by atoms with Gasteiger partial charge in [-0.3, -0.25) is 0 Å². The molecule has 0 radical (unpaired) electrons. The van der Waals surface area contributed by atoms with Crippen LogP contribution in [0.4, 0.5) is 0 Å². The number of esters is 1. The number of carbonyl (C=O) groups excluding carboxylic acids is 1. The van der Waals surface area contributed by atoms with Gasteiger partial charge < -0.3 is 4.74 Å². The van der Waals surface area contributed by atoms with Crippen LogP contribution in [0.25, 0.3) is 0 Å². The molecule has 0 aliphatic rings. The van der Waals surface area contributed by atoms with Crippen LogP contribution in [0.1, 0.15) is 21.5 Å². The van der Waals surface area contributed by atoms with Gasteiger partial charge in [0.05, 0.1) is 15.5 Å². The Hall–Kier alpha value is -1.85. The lowest BCUT2D eigenvalue weighted by Gasteiger charge is -2.08. The Morgan fingerprint density at radius 1 is 1.18 bits per heavy atom. The zero-order valence-electron chi connectivity index (χ0n) is 12.2. The molecule has 0 saturated heterocycles. The van der Waals surface area contributed by atoms with E-state index >= 15 is 0 Å². The molecule has 0 amide bonds. The van der Waals surface area contributed by atoms with Gasteiger partial charge >= 0.3 is 5.97 Å². The van der Waals surface area contributed by atoms with E-state index < -0.39 is 15.8 Å². The lowest BCUT2D eigenvalue weighted by Crippen LogP contribution is -2.07. The van der Waals surface area contributed by atoms with E-state index in [2.05, 4.69) is 0 Å². The molecule has 2 aromatic carbocycles. The molecule has 0 spiro atoms. The Bertz CT molecular complexity index is 813. The van der Waals surface area contributed by atoms with Crippen molar-refractivity contribution in [3.05, 3.63) is 64.2 Å². The minimum absolute atomic E-state index is 0.0812. The molecular formula is C16H15ClO4S. The first-order valence-corrected chi connectivity index (χ1v) is 8.76. The predicted octanol–water partition coefficient (Wildman–Crippen LogP) is 3.41. The molecule has 2 rings (SSSR count). The topological polar surface area (TPSA) is 60.4 Å². The van der Waals surface area contributed by atoms with Crippen LogP contribution in [0.3, 0.4) is 0 Å². The standard InChI is InChI=1S/C16H15ClO4S/c1-11-4-3-5-12(8-11)10-21-16(18)13-6-7-14(17)15(9-13)22(2,19)20/h3-9H,10H2,1-2H3. The van der Waals surface area contributed by atoms with Crippen LogP contribution in [0.15, 0.2) is 47.4 Å². The molecule has 0 unspecified atom stereocenters. The smallest absolute Gasteiger partial charge is 0.338 e. The number of benzene rings is 2. The molecule has 0 aromatic heterocycles. The third-order valence-electron chi connectivity index (χ3n) is 3.02. The quantitative estimate of drug-likeness (QED) is 0.801. The third kappa shape index (κ3) is 4.08. The SMILES string of the molecule is Cc1cccc(COC(=O)c2ccc(Cl)c(S(C)(=O)=O)c2)c1. The maximum Gasteiger partial charge on any atom is 0.338 e. The van der Waals surface area contributed by atoms with Crippen molar-refractivity contribution in [3.63, 3.8) is 0 Å². The molecule has 4 nitrogen and oxygen atoms in total. The third-order valence-corrected chi connectivity index (χ3v) is 4.60. The highest BCUT2D eigenvalue weighted by Crippen LogP contribution is 2.23. The zero-order chi connectivity index (χ0) is 16.3. The summed E-state index contributed by atoms with van der Waals surface area (Å²) in [5.41, 5.74) is 2.09. The normalized spacial score (nSPS) is 11.2. The first-order valence-electron chi connectivity index (χ1n) is 6.49. The van der Waals surface area contributed by atoms with E-state index in [-0.39, 0.29) is 22.1 Å². The maximum atomic E-state index is 12.0. The molecule has 2 aromatic rings. The summed E-state index contributed by atoms with van der Waals surface area (Å²) in [6, 6.07) is 11.6. The van der Waals surface area contributed by atoms with Gasteiger partial charge in [-0.15, -0.1) is 0 Å². The number of aryl methyl sites for hydroxylation is 1. The highest BCUT2D eigenvalue weighted by atomic mass is 35.5. The fraction of sp³-hybridized carbons (Fsp3) is 0.188. The number of sulfone groups is 1. The van der Waals surface area contributed by atoms with E-state index in [9.17, 15) is 13.2 Å². The molecule has 0 fully saturated rings. The lowest BCUT2D eigenvalue weighted by molar-refractivity contribution is 0.0472. The van der Waals surface area contributed by atoms with E-state index in [0.29, 0.717) is 0 Å². The van der Waals surface area contributed by atoms with Crippen molar-refractivity contribution < 1.29 is 17.9 Å². The van der Waals surface area contributed by atoms with Gasteiger partial charge in [0.15, 0.2) is 9.84 Å². The second-order valence-corrected chi connectivity index (χ2v) is 7.37. The summed E-state index contributed by atoms with van der Waals surface area (Å²) in [6.45, 7) is 2.07. The summed E-state index contributed by atoms with van der Waals surface area (Å²) in [6.07, 6.45) is 1.04. The van der Waals surface area contributed by atoms with Crippen molar-refractivity contribution in [3.8, 4) is 0 Å². The highest BCUT2D eigenvalue weighted by molar-refractivity contribution is 7.90. The van der Waals surface area contributed by atoms with Crippen molar-refractivity contribution in [2.75, 3.05) is 6.26 Å². The van der Waals surface area contributed by atoms with Gasteiger partial charge in [0.2, 0.25) is 0 Å². The van der Waals surface area contributed by atoms with E-state index in [1.807, 2.05) is 31.2 Å². The molecule has 22 heavy (non-hydrogen) atoms. The molecule has 6 heteroatoms. The van der Waals surface area contributed by atoms with Gasteiger partial charge in [0.1, 0.15) is 6.61 Å². The van der Waals surface area contributed by atoms with Crippen molar-refractivity contribution in [2.24, 2.45) is 0 Å². The highest BCUT2D eigenvalue weighted by Gasteiger charge is 2.16. The number of rotatable bonds is 4. The first kappa shape index (κ1) is 16.5. The fourth-order valence-electron chi connectivity index (χ4n) is 1.95. The molecule has 0 bridgehead atoms. The van der Waals surface area contributed by atoms with Crippen LogP contribution in [-0.4, -0.2) is 20.6 Å². The summed E-state index contributed by atoms with van der Waals surface area (Å²) in [5.74, 6) is -0.594. The summed E-state index contributed by atoms with van der Waals surface area (Å²) in [5, 5.41) is 0.0812. The van der Waals surface area contributed by atoms with Gasteiger partial charge in [-0.25, -0.2) is 13.2 Å². The largest absolute Gasteiger partial charge is 0.457 e. The number of carbonyl (C=O) groups is 1. The Labute approximate surface area is 134 Å². The summed E-state index contributed by atoms with van der Waals surface area (Å²) >= 11 is 5.84. The van der Waals surface area contributed by atoms with Gasteiger partial charge in [0, 0.05) is 6.26 Å². The second kappa shape index (κ2) is 6.50. The van der Waals surface area contributed by atoms with Crippen LogP contribution < -0.4 is 0 Å². The lowest BCUT2D eigenvalue weighted by atomic mass is 10.1. The Balaban J connectivity index is 2.17. The summed E-state index contributed by atoms with van der Waals surface area (Å²) in [4.78, 5) is 11.9. The Morgan fingerprint density at radius 2 is 1.91 bits per heavy atom. The second-order valence-electron chi connectivity index (χ2n) is 4.98. The van der Waals surface area contributed by atoms with Crippen LogP contribution in [0.2, 0.25) is 5.02 Å². The van der Waals surface area contributed by atoms with Gasteiger partial charge in [-0.1, -0.05) is 41.4 Å². The van der Waals surface area contributed by atoms with Crippen LogP contribution in [-0.2, 0) is 21.2 Å². The molecule has 116 valence electrons. The Morgan fingerprint density at radius 3 is 2.55 bits per heavy atom. The average Bonchev–Trinajstić information content (AvgIpc) is 2.44. The van der Waals surface area contributed by atoms with Crippen molar-refractivity contribution in [2.45, 2.75) is 18.4 Å². The van der Waals surface area contributed by atoms with Crippen LogP contribution >= 0.6 is 11.6 Å². The fourth-order valence-corrected chi connectivity index (χ4v) is 3.25. The van der Waals surface area contributed by atoms with Gasteiger partial charge in [-0.05, 0) is 30.7 Å². The van der Waals surface area contributed by atoms with E-state index in [1.54, 1.807) is 0 Å². The van der Waals surface area contributed by atoms with Crippen LogP contribution in [0, 0.1) is 6.92 Å². The maximum absolute atomic E-state index is 12.0. The van der Waals surface area contributed by atoms with E-state index in [0.717, 1.165) is 17.4 Å². The Kier molecular flexibility index (Phi) is 4.88. The predicted molar refractivity (Wildman–Crippen MR) is 84.9 cm³/mol. The monoisotopic (exact) mass is 338 g/mol. The molecule has 0 atom stereocenters. The summed E-state index contributed by atoms with van der Waals surface area (Å²) < 4.78 is 28.4. The minimum atomic E-state index is -3.50. The van der Waals surface area contributed by atoms with E-state index in [1.165, 1.54) is 18.2 Å². The molecule has 0 aliphatic heterocycles. The van der Waals surface area contributed by atoms with Crippen molar-refractivity contribution >= 4 is 27.4 Å². The molecular weight excluding hydrogens is 324 g/mol. The van der Waals surface area contributed by atoms with Crippen LogP contribution in [0.5, 0.6) is 0 Å². The molecule has 0 N–H and O–H groups in total. The molecule has 0 aliphatic carbocycles.